The number of Topliss-reactive ketones (excluding diaryl/α,β-unsaturated/α-hetero) is 1. The zero-order valence-corrected chi connectivity index (χ0v) is 16.7. The molecule has 144 valence electrons. The van der Waals surface area contributed by atoms with Gasteiger partial charge in [0.2, 0.25) is 0 Å². The number of aryl methyl sites for hydroxylation is 3. The van der Waals surface area contributed by atoms with Crippen molar-refractivity contribution < 1.29 is 9.59 Å². The third-order valence-corrected chi connectivity index (χ3v) is 4.94. The molecular weight excluding hydrogens is 360 g/mol. The highest BCUT2D eigenvalue weighted by molar-refractivity contribution is 6.47. The van der Waals surface area contributed by atoms with Crippen LogP contribution in [0, 0.1) is 20.8 Å². The van der Waals surface area contributed by atoms with Crippen LogP contribution in [0.5, 0.6) is 0 Å². The van der Waals surface area contributed by atoms with Crippen LogP contribution in [-0.4, -0.2) is 16.1 Å². The number of ketones is 1. The molecule has 0 aliphatic heterocycles. The fourth-order valence-corrected chi connectivity index (χ4v) is 3.65. The topological polar surface area (TPSA) is 50.6 Å². The number of amides is 1. The molecule has 0 aliphatic carbocycles. The highest BCUT2D eigenvalue weighted by Crippen LogP contribution is 2.29. The van der Waals surface area contributed by atoms with E-state index < -0.39 is 11.7 Å². The van der Waals surface area contributed by atoms with Crippen molar-refractivity contribution in [2.45, 2.75) is 20.8 Å². The molecule has 0 unspecified atom stereocenters. The number of pyridine rings is 1. The Bertz CT molecular complexity index is 1210. The fraction of sp³-hybridized carbons (Fsp3) is 0.120. The number of fused-ring (bicyclic) bond motifs is 1. The number of anilines is 1. The molecule has 4 aromatic rings. The molecule has 29 heavy (non-hydrogen) atoms. The third kappa shape index (κ3) is 3.69. The molecule has 2 heterocycles. The van der Waals surface area contributed by atoms with Gasteiger partial charge in [-0.1, -0.05) is 42.0 Å². The average molecular weight is 382 g/mol. The summed E-state index contributed by atoms with van der Waals surface area (Å²) in [5.74, 6) is -1.21. The summed E-state index contributed by atoms with van der Waals surface area (Å²) in [4.78, 5) is 26.1. The molecule has 1 N–H and O–H groups in total. The van der Waals surface area contributed by atoms with E-state index in [2.05, 4.69) is 5.32 Å². The molecule has 1 amide bonds. The summed E-state index contributed by atoms with van der Waals surface area (Å²) in [5.41, 5.74) is 6.70. The standard InChI is InChI=1S/C25H22N2O2/c1-16-7-9-19(10-8-16)22-15-21-6-4-5-11-27(21)23(22)24(28)25(29)26-20-13-17(2)12-18(3)14-20/h4-15H,1-3H3,(H,26,29). The Balaban J connectivity index is 1.77. The van der Waals surface area contributed by atoms with Crippen LogP contribution in [-0.2, 0) is 4.79 Å². The van der Waals surface area contributed by atoms with Crippen molar-refractivity contribution in [3.63, 3.8) is 0 Å². The Kier molecular flexibility index (Phi) is 4.77. The van der Waals surface area contributed by atoms with Crippen LogP contribution in [0.2, 0.25) is 0 Å². The lowest BCUT2D eigenvalue weighted by atomic mass is 10.0. The highest BCUT2D eigenvalue weighted by atomic mass is 16.2. The number of hydrogen-bond donors (Lipinski definition) is 1. The minimum Gasteiger partial charge on any atom is -0.319 e. The minimum atomic E-state index is -0.646. The SMILES string of the molecule is Cc1ccc(-c2cc3ccccn3c2C(=O)C(=O)Nc2cc(C)cc(C)c2)cc1. The number of aromatic nitrogens is 1. The summed E-state index contributed by atoms with van der Waals surface area (Å²) in [5, 5.41) is 2.76. The van der Waals surface area contributed by atoms with E-state index in [1.807, 2.05) is 93.7 Å². The molecule has 2 aromatic heterocycles. The lowest BCUT2D eigenvalue weighted by molar-refractivity contribution is -0.112. The van der Waals surface area contributed by atoms with Crippen LogP contribution in [0.15, 0.2) is 72.9 Å². The predicted molar refractivity (Wildman–Crippen MR) is 116 cm³/mol. The summed E-state index contributed by atoms with van der Waals surface area (Å²) in [6.07, 6.45) is 1.81. The molecule has 4 heteroatoms. The number of nitrogens with zero attached hydrogens (tertiary/aromatic N) is 1. The first-order chi connectivity index (χ1) is 13.9. The minimum absolute atomic E-state index is 0.367. The Morgan fingerprint density at radius 2 is 1.48 bits per heavy atom. The number of carbonyl (C=O) groups is 2. The smallest absolute Gasteiger partial charge is 0.298 e. The Morgan fingerprint density at radius 1 is 0.793 bits per heavy atom. The number of benzene rings is 2. The second-order valence-corrected chi connectivity index (χ2v) is 7.43. The largest absolute Gasteiger partial charge is 0.319 e. The zero-order valence-electron chi connectivity index (χ0n) is 16.7. The van der Waals surface area contributed by atoms with Gasteiger partial charge >= 0.3 is 0 Å². The van der Waals surface area contributed by atoms with Gasteiger partial charge in [-0.25, -0.2) is 0 Å². The van der Waals surface area contributed by atoms with Gasteiger partial charge in [0.25, 0.3) is 11.7 Å². The van der Waals surface area contributed by atoms with Crippen molar-refractivity contribution in [3.05, 3.63) is 95.3 Å². The van der Waals surface area contributed by atoms with Crippen LogP contribution in [0.3, 0.4) is 0 Å². The molecule has 0 bridgehead atoms. The van der Waals surface area contributed by atoms with E-state index in [1.165, 1.54) is 0 Å². The number of carbonyl (C=O) groups excluding carboxylic acids is 2. The van der Waals surface area contributed by atoms with Crippen molar-refractivity contribution in [1.29, 1.82) is 0 Å². The fourth-order valence-electron chi connectivity index (χ4n) is 3.65. The van der Waals surface area contributed by atoms with Gasteiger partial charge in [-0.3, -0.25) is 9.59 Å². The highest BCUT2D eigenvalue weighted by Gasteiger charge is 2.24. The maximum absolute atomic E-state index is 13.2. The van der Waals surface area contributed by atoms with E-state index in [1.54, 1.807) is 4.40 Å². The Morgan fingerprint density at radius 3 is 2.17 bits per heavy atom. The quantitative estimate of drug-likeness (QED) is 0.382. The van der Waals surface area contributed by atoms with Crippen LogP contribution >= 0.6 is 0 Å². The van der Waals surface area contributed by atoms with E-state index in [0.717, 1.165) is 33.3 Å². The van der Waals surface area contributed by atoms with Crippen molar-refractivity contribution in [2.75, 3.05) is 5.32 Å². The molecular formula is C25H22N2O2. The number of hydrogen-bond acceptors (Lipinski definition) is 2. The lowest BCUT2D eigenvalue weighted by Gasteiger charge is -2.09. The predicted octanol–water partition coefficient (Wildman–Crippen LogP) is 5.35. The lowest BCUT2D eigenvalue weighted by Crippen LogP contribution is -2.24. The summed E-state index contributed by atoms with van der Waals surface area (Å²) in [6, 6.07) is 21.3. The summed E-state index contributed by atoms with van der Waals surface area (Å²) >= 11 is 0. The number of rotatable bonds is 4. The Hall–Kier alpha value is -3.66. The first-order valence-electron chi connectivity index (χ1n) is 9.53. The van der Waals surface area contributed by atoms with Crippen molar-refractivity contribution in [2.24, 2.45) is 0 Å². The zero-order chi connectivity index (χ0) is 20.5. The molecule has 0 radical (unpaired) electrons. The Labute approximate surface area is 169 Å². The van der Waals surface area contributed by atoms with Gasteiger partial charge in [0.1, 0.15) is 5.69 Å². The van der Waals surface area contributed by atoms with Crippen LogP contribution in [0.1, 0.15) is 27.2 Å². The first kappa shape index (κ1) is 18.7. The monoisotopic (exact) mass is 382 g/mol. The molecule has 0 aliphatic rings. The second kappa shape index (κ2) is 7.40. The molecule has 0 spiro atoms. The summed E-state index contributed by atoms with van der Waals surface area (Å²) < 4.78 is 1.78. The van der Waals surface area contributed by atoms with Crippen LogP contribution < -0.4 is 5.32 Å². The van der Waals surface area contributed by atoms with Gasteiger partial charge in [-0.05, 0) is 67.8 Å². The second-order valence-electron chi connectivity index (χ2n) is 7.43. The first-order valence-corrected chi connectivity index (χ1v) is 9.53. The summed E-state index contributed by atoms with van der Waals surface area (Å²) in [6.45, 7) is 5.93. The van der Waals surface area contributed by atoms with Gasteiger partial charge in [-0.2, -0.15) is 0 Å². The average Bonchev–Trinajstić information content (AvgIpc) is 3.06. The molecule has 0 atom stereocenters. The van der Waals surface area contributed by atoms with Gasteiger partial charge in [0.15, 0.2) is 0 Å². The third-order valence-electron chi connectivity index (χ3n) is 4.94. The summed E-state index contributed by atoms with van der Waals surface area (Å²) in [7, 11) is 0. The number of nitrogens with one attached hydrogen (secondary N) is 1. The van der Waals surface area contributed by atoms with Gasteiger partial charge in [0, 0.05) is 23.0 Å². The molecule has 0 saturated carbocycles. The van der Waals surface area contributed by atoms with E-state index in [4.69, 9.17) is 0 Å². The molecule has 2 aromatic carbocycles. The van der Waals surface area contributed by atoms with E-state index >= 15 is 0 Å². The van der Waals surface area contributed by atoms with Gasteiger partial charge < -0.3 is 9.72 Å². The molecule has 4 nitrogen and oxygen atoms in total. The molecule has 4 rings (SSSR count). The van der Waals surface area contributed by atoms with Crippen molar-refractivity contribution in [3.8, 4) is 11.1 Å². The van der Waals surface area contributed by atoms with Gasteiger partial charge in [-0.15, -0.1) is 0 Å². The van der Waals surface area contributed by atoms with Crippen LogP contribution in [0.4, 0.5) is 5.69 Å². The molecule has 0 fully saturated rings. The van der Waals surface area contributed by atoms with E-state index in [9.17, 15) is 9.59 Å². The van der Waals surface area contributed by atoms with Crippen molar-refractivity contribution >= 4 is 22.9 Å². The van der Waals surface area contributed by atoms with E-state index in [0.29, 0.717) is 11.4 Å². The van der Waals surface area contributed by atoms with Crippen molar-refractivity contribution in [1.82, 2.24) is 4.40 Å². The van der Waals surface area contributed by atoms with Gasteiger partial charge in [0.05, 0.1) is 0 Å². The van der Waals surface area contributed by atoms with Crippen LogP contribution in [0.25, 0.3) is 16.6 Å². The maximum atomic E-state index is 13.2. The van der Waals surface area contributed by atoms with E-state index in [-0.39, 0.29) is 0 Å². The normalized spacial score (nSPS) is 10.9. The molecule has 0 saturated heterocycles. The maximum Gasteiger partial charge on any atom is 0.298 e.